The van der Waals surface area contributed by atoms with Crippen molar-refractivity contribution in [3.8, 4) is 5.75 Å². The maximum Gasteiger partial charge on any atom is 0.258 e. The summed E-state index contributed by atoms with van der Waals surface area (Å²) in [5.74, 6) is 0.298. The van der Waals surface area contributed by atoms with Crippen LogP contribution in [0, 0.1) is 20.8 Å². The second kappa shape index (κ2) is 6.61. The molecule has 0 spiro atoms. The highest BCUT2D eigenvalue weighted by Gasteiger charge is 2.23. The first kappa shape index (κ1) is 15.4. The number of ether oxygens (including phenoxy) is 1. The molecule has 0 radical (unpaired) electrons. The van der Waals surface area contributed by atoms with E-state index < -0.39 is 0 Å². The zero-order chi connectivity index (χ0) is 15.4. The fourth-order valence-electron chi connectivity index (χ4n) is 2.27. The molecule has 2 rings (SSSR count). The smallest absolute Gasteiger partial charge is 0.258 e. The van der Waals surface area contributed by atoms with Gasteiger partial charge in [-0.2, -0.15) is 0 Å². The van der Waals surface area contributed by atoms with Crippen LogP contribution in [-0.2, 0) is 9.59 Å². The van der Waals surface area contributed by atoms with Crippen LogP contribution < -0.4 is 15.4 Å². The number of carbonyl (C=O) groups excluding carboxylic acids is 2. The Labute approximate surface area is 125 Å². The molecule has 5 heteroatoms. The predicted molar refractivity (Wildman–Crippen MR) is 80.3 cm³/mol. The molecule has 114 valence electrons. The van der Waals surface area contributed by atoms with Crippen molar-refractivity contribution in [1.82, 2.24) is 10.6 Å². The van der Waals surface area contributed by atoms with Crippen molar-refractivity contribution in [2.45, 2.75) is 39.7 Å². The van der Waals surface area contributed by atoms with E-state index in [0.717, 1.165) is 29.7 Å². The number of rotatable bonds is 6. The third kappa shape index (κ3) is 4.77. The van der Waals surface area contributed by atoms with Crippen LogP contribution in [0.2, 0.25) is 0 Å². The van der Waals surface area contributed by atoms with Crippen LogP contribution in [0.4, 0.5) is 0 Å². The van der Waals surface area contributed by atoms with Gasteiger partial charge in [-0.1, -0.05) is 17.7 Å². The van der Waals surface area contributed by atoms with Gasteiger partial charge in [0.2, 0.25) is 5.91 Å². The number of hydrogen-bond donors (Lipinski definition) is 2. The molecule has 0 heterocycles. The van der Waals surface area contributed by atoms with Gasteiger partial charge in [0, 0.05) is 6.04 Å². The maximum atomic E-state index is 11.7. The van der Waals surface area contributed by atoms with Crippen molar-refractivity contribution >= 4 is 11.8 Å². The van der Waals surface area contributed by atoms with Crippen molar-refractivity contribution in [2.75, 3.05) is 13.2 Å². The maximum absolute atomic E-state index is 11.7. The number of hydrogen-bond acceptors (Lipinski definition) is 3. The first-order valence-electron chi connectivity index (χ1n) is 7.22. The molecule has 0 aliphatic heterocycles. The quantitative estimate of drug-likeness (QED) is 0.832. The fraction of sp³-hybridized carbons (Fsp3) is 0.500. The van der Waals surface area contributed by atoms with Gasteiger partial charge in [-0.25, -0.2) is 0 Å². The predicted octanol–water partition coefficient (Wildman–Crippen LogP) is 1.39. The van der Waals surface area contributed by atoms with Crippen molar-refractivity contribution in [2.24, 2.45) is 0 Å². The standard InChI is InChI=1S/C16H22N2O3/c1-10-6-11(2)16(12(3)7-10)21-9-15(20)17-8-14(19)18-13-4-5-13/h6-7,13H,4-5,8-9H2,1-3H3,(H,17,20)(H,18,19). The van der Waals surface area contributed by atoms with Crippen LogP contribution in [0.5, 0.6) is 5.75 Å². The van der Waals surface area contributed by atoms with Gasteiger partial charge in [-0.05, 0) is 44.7 Å². The SMILES string of the molecule is Cc1cc(C)c(OCC(=O)NCC(=O)NC2CC2)c(C)c1. The van der Waals surface area contributed by atoms with Gasteiger partial charge < -0.3 is 15.4 Å². The first-order valence-corrected chi connectivity index (χ1v) is 7.22. The molecule has 1 aliphatic carbocycles. The molecule has 2 N–H and O–H groups in total. The zero-order valence-electron chi connectivity index (χ0n) is 12.8. The van der Waals surface area contributed by atoms with E-state index in [4.69, 9.17) is 4.74 Å². The van der Waals surface area contributed by atoms with E-state index in [9.17, 15) is 9.59 Å². The average Bonchev–Trinajstić information content (AvgIpc) is 3.19. The lowest BCUT2D eigenvalue weighted by Crippen LogP contribution is -2.39. The Morgan fingerprint density at radius 3 is 2.33 bits per heavy atom. The fourth-order valence-corrected chi connectivity index (χ4v) is 2.27. The summed E-state index contributed by atoms with van der Waals surface area (Å²) in [6.45, 7) is 5.85. The molecule has 2 amide bonds. The van der Waals surface area contributed by atoms with Gasteiger partial charge in [0.05, 0.1) is 6.54 Å². The Kier molecular flexibility index (Phi) is 4.83. The van der Waals surface area contributed by atoms with Crippen molar-refractivity contribution in [1.29, 1.82) is 0 Å². The van der Waals surface area contributed by atoms with Crippen LogP contribution in [0.1, 0.15) is 29.5 Å². The van der Waals surface area contributed by atoms with E-state index in [0.29, 0.717) is 6.04 Å². The van der Waals surface area contributed by atoms with E-state index in [1.54, 1.807) is 0 Å². The lowest BCUT2D eigenvalue weighted by molar-refractivity contribution is -0.127. The van der Waals surface area contributed by atoms with Crippen LogP contribution in [-0.4, -0.2) is 31.0 Å². The van der Waals surface area contributed by atoms with Crippen molar-refractivity contribution < 1.29 is 14.3 Å². The second-order valence-corrected chi connectivity index (χ2v) is 5.64. The highest BCUT2D eigenvalue weighted by molar-refractivity contribution is 5.85. The molecule has 0 bridgehead atoms. The molecule has 1 aromatic rings. The van der Waals surface area contributed by atoms with E-state index in [1.807, 2.05) is 32.9 Å². The van der Waals surface area contributed by atoms with E-state index in [-0.39, 0.29) is 25.0 Å². The minimum absolute atomic E-state index is 0.00452. The molecule has 5 nitrogen and oxygen atoms in total. The van der Waals surface area contributed by atoms with Gasteiger partial charge in [0.1, 0.15) is 5.75 Å². The van der Waals surface area contributed by atoms with Crippen molar-refractivity contribution in [3.05, 3.63) is 28.8 Å². The van der Waals surface area contributed by atoms with Crippen LogP contribution in [0.15, 0.2) is 12.1 Å². The summed E-state index contributed by atoms with van der Waals surface area (Å²) in [4.78, 5) is 23.1. The summed E-state index contributed by atoms with van der Waals surface area (Å²) in [5.41, 5.74) is 3.18. The highest BCUT2D eigenvalue weighted by Crippen LogP contribution is 2.24. The monoisotopic (exact) mass is 290 g/mol. The van der Waals surface area contributed by atoms with Crippen LogP contribution in [0.3, 0.4) is 0 Å². The average molecular weight is 290 g/mol. The molecule has 0 saturated heterocycles. The van der Waals surface area contributed by atoms with Crippen molar-refractivity contribution in [3.63, 3.8) is 0 Å². The lowest BCUT2D eigenvalue weighted by atomic mass is 10.1. The molecular weight excluding hydrogens is 268 g/mol. The number of benzene rings is 1. The Morgan fingerprint density at radius 1 is 1.14 bits per heavy atom. The molecular formula is C16H22N2O3. The van der Waals surface area contributed by atoms with Crippen LogP contribution >= 0.6 is 0 Å². The molecule has 0 aromatic heterocycles. The van der Waals surface area contributed by atoms with Gasteiger partial charge in [-0.3, -0.25) is 9.59 Å². The molecule has 0 unspecified atom stereocenters. The van der Waals surface area contributed by atoms with Crippen LogP contribution in [0.25, 0.3) is 0 Å². The normalized spacial score (nSPS) is 13.7. The third-order valence-electron chi connectivity index (χ3n) is 3.34. The highest BCUT2D eigenvalue weighted by atomic mass is 16.5. The molecule has 1 aliphatic rings. The summed E-state index contributed by atoms with van der Waals surface area (Å²) >= 11 is 0. The lowest BCUT2D eigenvalue weighted by Gasteiger charge is -2.13. The molecule has 21 heavy (non-hydrogen) atoms. The minimum Gasteiger partial charge on any atom is -0.483 e. The Balaban J connectivity index is 1.77. The largest absolute Gasteiger partial charge is 0.483 e. The number of nitrogens with one attached hydrogen (secondary N) is 2. The Bertz CT molecular complexity index is 527. The minimum atomic E-state index is -0.291. The van der Waals surface area contributed by atoms with Gasteiger partial charge in [0.15, 0.2) is 6.61 Å². The second-order valence-electron chi connectivity index (χ2n) is 5.64. The van der Waals surface area contributed by atoms with Gasteiger partial charge in [0.25, 0.3) is 5.91 Å². The molecule has 0 atom stereocenters. The van der Waals surface area contributed by atoms with Gasteiger partial charge >= 0.3 is 0 Å². The summed E-state index contributed by atoms with van der Waals surface area (Å²) in [5, 5.41) is 5.37. The Hall–Kier alpha value is -2.04. The third-order valence-corrected chi connectivity index (χ3v) is 3.34. The number of amides is 2. The molecule has 1 saturated carbocycles. The molecule has 1 aromatic carbocycles. The summed E-state index contributed by atoms with van der Waals surface area (Å²) in [7, 11) is 0. The number of carbonyl (C=O) groups is 2. The molecule has 1 fully saturated rings. The number of aryl methyl sites for hydroxylation is 3. The zero-order valence-corrected chi connectivity index (χ0v) is 12.8. The van der Waals surface area contributed by atoms with E-state index in [1.165, 1.54) is 5.56 Å². The van der Waals surface area contributed by atoms with Gasteiger partial charge in [-0.15, -0.1) is 0 Å². The van der Waals surface area contributed by atoms with E-state index in [2.05, 4.69) is 10.6 Å². The Morgan fingerprint density at radius 2 is 1.76 bits per heavy atom. The summed E-state index contributed by atoms with van der Waals surface area (Å²) in [6, 6.07) is 4.34. The first-order chi connectivity index (χ1) is 9.95. The van der Waals surface area contributed by atoms with E-state index >= 15 is 0 Å². The topological polar surface area (TPSA) is 67.4 Å². The summed E-state index contributed by atoms with van der Waals surface area (Å²) < 4.78 is 5.57. The summed E-state index contributed by atoms with van der Waals surface area (Å²) in [6.07, 6.45) is 2.07.